The smallest absolute Gasteiger partial charge is 0.226 e. The molecule has 1 aromatic carbocycles. The van der Waals surface area contributed by atoms with E-state index in [-0.39, 0.29) is 12.3 Å². The Morgan fingerprint density at radius 1 is 1.24 bits per heavy atom. The van der Waals surface area contributed by atoms with Crippen molar-refractivity contribution in [3.8, 4) is 0 Å². The summed E-state index contributed by atoms with van der Waals surface area (Å²) in [6.45, 7) is 0.350. The maximum absolute atomic E-state index is 11.8. The van der Waals surface area contributed by atoms with Crippen molar-refractivity contribution in [3.05, 3.63) is 29.8 Å². The molecular weight excluding hydrogens is 218 g/mol. The summed E-state index contributed by atoms with van der Waals surface area (Å²) >= 11 is 0. The average molecular weight is 235 g/mol. The molecular formula is C12H17N3O2. The van der Waals surface area contributed by atoms with Gasteiger partial charge in [0.05, 0.1) is 6.42 Å². The van der Waals surface area contributed by atoms with Crippen molar-refractivity contribution in [3.63, 3.8) is 0 Å². The minimum absolute atomic E-state index is 0.0454. The Bertz CT molecular complexity index is 401. The van der Waals surface area contributed by atoms with Gasteiger partial charge >= 0.3 is 0 Å². The number of rotatable bonds is 5. The van der Waals surface area contributed by atoms with E-state index in [9.17, 15) is 9.59 Å². The van der Waals surface area contributed by atoms with Crippen LogP contribution in [0.2, 0.25) is 0 Å². The molecule has 5 heteroatoms. The average Bonchev–Trinajstić information content (AvgIpc) is 2.28. The predicted molar refractivity (Wildman–Crippen MR) is 66.0 cm³/mol. The summed E-state index contributed by atoms with van der Waals surface area (Å²) in [5.41, 5.74) is 12.1. The van der Waals surface area contributed by atoms with E-state index in [0.717, 1.165) is 5.56 Å². The fraction of sp³-hybridized carbons (Fsp3) is 0.333. The first-order valence-electron chi connectivity index (χ1n) is 5.35. The van der Waals surface area contributed by atoms with Gasteiger partial charge < -0.3 is 16.4 Å². The monoisotopic (exact) mass is 235 g/mol. The molecule has 1 rings (SSSR count). The molecule has 92 valence electrons. The zero-order valence-electron chi connectivity index (χ0n) is 9.85. The quantitative estimate of drug-likeness (QED) is 0.712. The Hall–Kier alpha value is -2.04. The van der Waals surface area contributed by atoms with Crippen molar-refractivity contribution in [1.29, 1.82) is 0 Å². The lowest BCUT2D eigenvalue weighted by molar-refractivity contribution is -0.129. The minimum Gasteiger partial charge on any atom is -0.399 e. The van der Waals surface area contributed by atoms with Gasteiger partial charge in [-0.1, -0.05) is 12.1 Å². The fourth-order valence-electron chi connectivity index (χ4n) is 1.35. The highest BCUT2D eigenvalue weighted by atomic mass is 16.2. The Morgan fingerprint density at radius 3 is 2.35 bits per heavy atom. The molecule has 2 amide bonds. The number of hydrogen-bond donors (Lipinski definition) is 2. The van der Waals surface area contributed by atoms with E-state index in [0.29, 0.717) is 18.7 Å². The fourth-order valence-corrected chi connectivity index (χ4v) is 1.35. The number of amides is 2. The van der Waals surface area contributed by atoms with Crippen LogP contribution in [-0.4, -0.2) is 30.3 Å². The van der Waals surface area contributed by atoms with Gasteiger partial charge in [0.25, 0.3) is 0 Å². The summed E-state index contributed by atoms with van der Waals surface area (Å²) < 4.78 is 0. The summed E-state index contributed by atoms with van der Waals surface area (Å²) in [6.07, 6.45) is 0.486. The maximum atomic E-state index is 11.8. The van der Waals surface area contributed by atoms with Crippen LogP contribution in [0.15, 0.2) is 24.3 Å². The highest BCUT2D eigenvalue weighted by molar-refractivity contribution is 5.80. The molecule has 0 saturated carbocycles. The SMILES string of the molecule is CN(CCC(N)=O)C(=O)Cc1ccc(N)cc1. The largest absolute Gasteiger partial charge is 0.399 e. The van der Waals surface area contributed by atoms with Gasteiger partial charge in [0.2, 0.25) is 11.8 Å². The molecule has 0 unspecified atom stereocenters. The third kappa shape index (κ3) is 4.55. The molecule has 0 aromatic heterocycles. The van der Waals surface area contributed by atoms with Gasteiger partial charge in [-0.25, -0.2) is 0 Å². The van der Waals surface area contributed by atoms with E-state index < -0.39 is 5.91 Å². The first-order chi connectivity index (χ1) is 7.99. The van der Waals surface area contributed by atoms with Crippen LogP contribution in [-0.2, 0) is 16.0 Å². The molecule has 0 atom stereocenters. The number of benzene rings is 1. The number of carbonyl (C=O) groups is 2. The normalized spacial score (nSPS) is 9.94. The Balaban J connectivity index is 2.48. The van der Waals surface area contributed by atoms with Crippen LogP contribution < -0.4 is 11.5 Å². The van der Waals surface area contributed by atoms with Crippen molar-refractivity contribution in [2.45, 2.75) is 12.8 Å². The van der Waals surface area contributed by atoms with E-state index in [2.05, 4.69) is 0 Å². The zero-order chi connectivity index (χ0) is 12.8. The van der Waals surface area contributed by atoms with E-state index >= 15 is 0 Å². The van der Waals surface area contributed by atoms with E-state index in [1.165, 1.54) is 4.90 Å². The van der Waals surface area contributed by atoms with Crippen LogP contribution in [0.4, 0.5) is 5.69 Å². The van der Waals surface area contributed by atoms with Gasteiger partial charge in [-0.3, -0.25) is 9.59 Å². The van der Waals surface area contributed by atoms with Crippen molar-refractivity contribution >= 4 is 17.5 Å². The second-order valence-electron chi connectivity index (χ2n) is 3.95. The van der Waals surface area contributed by atoms with Crippen molar-refractivity contribution < 1.29 is 9.59 Å². The molecule has 0 heterocycles. The molecule has 17 heavy (non-hydrogen) atoms. The van der Waals surface area contributed by atoms with Gasteiger partial charge in [-0.05, 0) is 17.7 Å². The van der Waals surface area contributed by atoms with Gasteiger partial charge in [-0.15, -0.1) is 0 Å². The van der Waals surface area contributed by atoms with Crippen molar-refractivity contribution in [2.24, 2.45) is 5.73 Å². The van der Waals surface area contributed by atoms with Gasteiger partial charge in [-0.2, -0.15) is 0 Å². The molecule has 0 aliphatic heterocycles. The lowest BCUT2D eigenvalue weighted by Crippen LogP contribution is -2.31. The number of nitrogens with two attached hydrogens (primary N) is 2. The van der Waals surface area contributed by atoms with E-state index in [4.69, 9.17) is 11.5 Å². The third-order valence-electron chi connectivity index (χ3n) is 2.45. The highest BCUT2D eigenvalue weighted by Crippen LogP contribution is 2.07. The lowest BCUT2D eigenvalue weighted by atomic mass is 10.1. The number of carbonyl (C=O) groups excluding carboxylic acids is 2. The molecule has 0 saturated heterocycles. The number of anilines is 1. The Kier molecular flexibility index (Phi) is 4.51. The second-order valence-corrected chi connectivity index (χ2v) is 3.95. The summed E-state index contributed by atoms with van der Waals surface area (Å²) in [4.78, 5) is 23.8. The van der Waals surface area contributed by atoms with Gasteiger partial charge in [0.1, 0.15) is 0 Å². The summed E-state index contributed by atoms with van der Waals surface area (Å²) in [5, 5.41) is 0. The van der Waals surface area contributed by atoms with Crippen molar-refractivity contribution in [2.75, 3.05) is 19.3 Å². The lowest BCUT2D eigenvalue weighted by Gasteiger charge is -2.16. The van der Waals surface area contributed by atoms with Crippen LogP contribution in [0.5, 0.6) is 0 Å². The molecule has 0 spiro atoms. The molecule has 0 bridgehead atoms. The predicted octanol–water partition coefficient (Wildman–Crippen LogP) is 0.145. The molecule has 5 nitrogen and oxygen atoms in total. The van der Waals surface area contributed by atoms with Crippen LogP contribution in [0, 0.1) is 0 Å². The summed E-state index contributed by atoms with van der Waals surface area (Å²) in [6, 6.07) is 7.14. The first kappa shape index (κ1) is 13.0. The molecule has 0 fully saturated rings. The molecule has 0 aliphatic carbocycles. The van der Waals surface area contributed by atoms with E-state index in [1.807, 2.05) is 12.1 Å². The maximum Gasteiger partial charge on any atom is 0.226 e. The van der Waals surface area contributed by atoms with Crippen LogP contribution >= 0.6 is 0 Å². The number of nitrogens with zero attached hydrogens (tertiary/aromatic N) is 1. The molecule has 4 N–H and O–H groups in total. The zero-order valence-corrected chi connectivity index (χ0v) is 9.85. The Morgan fingerprint density at radius 2 is 1.82 bits per heavy atom. The molecule has 0 aliphatic rings. The molecule has 0 radical (unpaired) electrons. The third-order valence-corrected chi connectivity index (χ3v) is 2.45. The van der Waals surface area contributed by atoms with Crippen molar-refractivity contribution in [1.82, 2.24) is 4.90 Å². The van der Waals surface area contributed by atoms with Gasteiger partial charge in [0.15, 0.2) is 0 Å². The van der Waals surface area contributed by atoms with Crippen LogP contribution in [0.1, 0.15) is 12.0 Å². The van der Waals surface area contributed by atoms with Gasteiger partial charge in [0, 0.05) is 25.7 Å². The number of primary amides is 1. The highest BCUT2D eigenvalue weighted by Gasteiger charge is 2.10. The minimum atomic E-state index is -0.405. The Labute approximate surface area is 100 Å². The number of hydrogen-bond acceptors (Lipinski definition) is 3. The van der Waals surface area contributed by atoms with Crippen LogP contribution in [0.3, 0.4) is 0 Å². The molecule has 1 aromatic rings. The summed E-state index contributed by atoms with van der Waals surface area (Å²) in [5.74, 6) is -0.451. The van der Waals surface area contributed by atoms with E-state index in [1.54, 1.807) is 19.2 Å². The second kappa shape index (κ2) is 5.89. The number of nitrogen functional groups attached to an aromatic ring is 1. The first-order valence-corrected chi connectivity index (χ1v) is 5.35. The number of likely N-dealkylation sites (N-methyl/N-ethyl adjacent to an activating group) is 1. The van der Waals surface area contributed by atoms with Crippen LogP contribution in [0.25, 0.3) is 0 Å². The summed E-state index contributed by atoms with van der Waals surface area (Å²) in [7, 11) is 1.66. The topological polar surface area (TPSA) is 89.4 Å². The standard InChI is InChI=1S/C12H17N3O2/c1-15(7-6-11(14)16)12(17)8-9-2-4-10(13)5-3-9/h2-5H,6-8,13H2,1H3,(H2,14,16).